The first-order chi connectivity index (χ1) is 7.27. The van der Waals surface area contributed by atoms with Crippen molar-refractivity contribution in [3.05, 3.63) is 24.8 Å². The van der Waals surface area contributed by atoms with Gasteiger partial charge in [0.15, 0.2) is 0 Å². The maximum atomic E-state index is 9.37. The SMILES string of the molecule is CCC(=O)O.c1cn[nH]n1.c1cn[nH]n1. The number of nitrogens with one attached hydrogen (secondary N) is 2. The number of hydrogen-bond donors (Lipinski definition) is 3. The number of nitrogens with zero attached hydrogens (tertiary/aromatic N) is 4. The second kappa shape index (κ2) is 9.84. The van der Waals surface area contributed by atoms with Crippen molar-refractivity contribution >= 4 is 5.97 Å². The van der Waals surface area contributed by atoms with E-state index < -0.39 is 5.97 Å². The summed E-state index contributed by atoms with van der Waals surface area (Å²) < 4.78 is 0. The molecule has 8 nitrogen and oxygen atoms in total. The summed E-state index contributed by atoms with van der Waals surface area (Å²) in [6.07, 6.45) is 6.56. The van der Waals surface area contributed by atoms with E-state index in [2.05, 4.69) is 30.8 Å². The lowest BCUT2D eigenvalue weighted by Gasteiger charge is -1.71. The summed E-state index contributed by atoms with van der Waals surface area (Å²) in [5.41, 5.74) is 0. The van der Waals surface area contributed by atoms with Crippen LogP contribution >= 0.6 is 0 Å². The number of carbonyl (C=O) groups is 1. The van der Waals surface area contributed by atoms with Crippen LogP contribution in [-0.4, -0.2) is 41.9 Å². The molecule has 0 aromatic carbocycles. The number of aromatic nitrogens is 6. The molecule has 0 amide bonds. The predicted octanol–water partition coefficient (Wildman–Crippen LogP) is 0.0904. The van der Waals surface area contributed by atoms with Crippen LogP contribution in [0.3, 0.4) is 0 Å². The molecule has 2 rings (SSSR count). The summed E-state index contributed by atoms with van der Waals surface area (Å²) in [6.45, 7) is 1.60. The van der Waals surface area contributed by atoms with E-state index in [1.165, 1.54) is 0 Å². The monoisotopic (exact) mass is 212 g/mol. The average molecular weight is 212 g/mol. The molecule has 0 unspecified atom stereocenters. The molecule has 0 bridgehead atoms. The largest absolute Gasteiger partial charge is 0.481 e. The van der Waals surface area contributed by atoms with Crippen LogP contribution in [0.15, 0.2) is 24.8 Å². The molecule has 2 heterocycles. The Bertz CT molecular complexity index is 245. The van der Waals surface area contributed by atoms with Crippen LogP contribution in [0.1, 0.15) is 13.3 Å². The van der Waals surface area contributed by atoms with E-state index in [1.54, 1.807) is 31.7 Å². The average Bonchev–Trinajstić information content (AvgIpc) is 2.96. The van der Waals surface area contributed by atoms with E-state index in [4.69, 9.17) is 5.11 Å². The maximum absolute atomic E-state index is 9.37. The number of hydrogen-bond acceptors (Lipinski definition) is 5. The fraction of sp³-hybridized carbons (Fsp3) is 0.286. The molecular formula is C7H12N6O2. The molecule has 2 aromatic heterocycles. The van der Waals surface area contributed by atoms with E-state index in [9.17, 15) is 4.79 Å². The van der Waals surface area contributed by atoms with Gasteiger partial charge < -0.3 is 5.11 Å². The Kier molecular flexibility index (Phi) is 8.36. The highest BCUT2D eigenvalue weighted by atomic mass is 16.4. The molecule has 0 spiro atoms. The van der Waals surface area contributed by atoms with Crippen molar-refractivity contribution in [2.45, 2.75) is 13.3 Å². The number of rotatable bonds is 1. The van der Waals surface area contributed by atoms with Gasteiger partial charge in [0, 0.05) is 6.42 Å². The zero-order valence-corrected chi connectivity index (χ0v) is 8.16. The van der Waals surface area contributed by atoms with Crippen molar-refractivity contribution in [1.82, 2.24) is 30.8 Å². The number of H-pyrrole nitrogens is 2. The molecule has 0 saturated carbocycles. The van der Waals surface area contributed by atoms with Gasteiger partial charge in [0.25, 0.3) is 0 Å². The van der Waals surface area contributed by atoms with Crippen molar-refractivity contribution < 1.29 is 9.90 Å². The lowest BCUT2D eigenvalue weighted by Crippen LogP contribution is -1.86. The lowest BCUT2D eigenvalue weighted by atomic mass is 10.5. The molecule has 0 aliphatic carbocycles. The van der Waals surface area contributed by atoms with Gasteiger partial charge in [0.1, 0.15) is 0 Å². The zero-order valence-electron chi connectivity index (χ0n) is 8.16. The third kappa shape index (κ3) is 11.8. The summed E-state index contributed by atoms with van der Waals surface area (Å²) >= 11 is 0. The van der Waals surface area contributed by atoms with E-state index in [1.807, 2.05) is 0 Å². The van der Waals surface area contributed by atoms with Crippen molar-refractivity contribution in [2.24, 2.45) is 0 Å². The van der Waals surface area contributed by atoms with Gasteiger partial charge in [-0.1, -0.05) is 6.92 Å². The molecular weight excluding hydrogens is 200 g/mol. The van der Waals surface area contributed by atoms with Crippen LogP contribution in [0.5, 0.6) is 0 Å². The minimum absolute atomic E-state index is 0.222. The van der Waals surface area contributed by atoms with Crippen molar-refractivity contribution in [3.63, 3.8) is 0 Å². The summed E-state index contributed by atoms with van der Waals surface area (Å²) in [4.78, 5) is 9.37. The summed E-state index contributed by atoms with van der Waals surface area (Å²) in [5.74, 6) is -0.745. The molecule has 15 heavy (non-hydrogen) atoms. The summed E-state index contributed by atoms with van der Waals surface area (Å²) in [5, 5.41) is 26.4. The first-order valence-corrected chi connectivity index (χ1v) is 4.08. The molecule has 82 valence electrons. The Morgan fingerprint density at radius 3 is 1.40 bits per heavy atom. The van der Waals surface area contributed by atoms with Crippen molar-refractivity contribution in [3.8, 4) is 0 Å². The third-order valence-corrected chi connectivity index (χ3v) is 0.965. The fourth-order valence-electron chi connectivity index (χ4n) is 0.333. The molecule has 0 fully saturated rings. The first kappa shape index (κ1) is 12.8. The minimum Gasteiger partial charge on any atom is -0.481 e. The van der Waals surface area contributed by atoms with Gasteiger partial charge in [-0.3, -0.25) is 4.79 Å². The molecule has 0 aliphatic rings. The number of carboxylic acids is 1. The predicted molar refractivity (Wildman–Crippen MR) is 50.7 cm³/mol. The third-order valence-electron chi connectivity index (χ3n) is 0.965. The van der Waals surface area contributed by atoms with E-state index in [-0.39, 0.29) is 6.42 Å². The normalized spacial score (nSPS) is 7.80. The van der Waals surface area contributed by atoms with Crippen LogP contribution in [0.4, 0.5) is 0 Å². The molecule has 2 aromatic rings. The van der Waals surface area contributed by atoms with E-state index in [0.29, 0.717) is 0 Å². The molecule has 3 N–H and O–H groups in total. The van der Waals surface area contributed by atoms with E-state index in [0.717, 1.165) is 0 Å². The number of aliphatic carboxylic acids is 1. The summed E-state index contributed by atoms with van der Waals surface area (Å²) in [6, 6.07) is 0. The highest BCUT2D eigenvalue weighted by Crippen LogP contribution is 1.67. The van der Waals surface area contributed by atoms with Crippen molar-refractivity contribution in [1.29, 1.82) is 0 Å². The Morgan fingerprint density at radius 1 is 1.07 bits per heavy atom. The molecule has 8 heteroatoms. The highest BCUT2D eigenvalue weighted by Gasteiger charge is 1.80. The Labute approximate surface area is 85.7 Å². The molecule has 0 atom stereocenters. The quantitative estimate of drug-likeness (QED) is 0.616. The van der Waals surface area contributed by atoms with Crippen molar-refractivity contribution in [2.75, 3.05) is 0 Å². The molecule has 0 radical (unpaired) electrons. The molecule has 0 saturated heterocycles. The van der Waals surface area contributed by atoms with Gasteiger partial charge in [0.2, 0.25) is 0 Å². The second-order valence-corrected chi connectivity index (χ2v) is 2.06. The Balaban J connectivity index is 0.000000196. The number of carboxylic acid groups (broad SMARTS) is 1. The lowest BCUT2D eigenvalue weighted by molar-refractivity contribution is -0.136. The van der Waals surface area contributed by atoms with Gasteiger partial charge >= 0.3 is 5.97 Å². The van der Waals surface area contributed by atoms with Crippen LogP contribution in [0.2, 0.25) is 0 Å². The Hall–Kier alpha value is -2.25. The van der Waals surface area contributed by atoms with Crippen LogP contribution in [0, 0.1) is 0 Å². The van der Waals surface area contributed by atoms with Gasteiger partial charge in [-0.25, -0.2) is 0 Å². The second-order valence-electron chi connectivity index (χ2n) is 2.06. The highest BCUT2D eigenvalue weighted by molar-refractivity contribution is 5.66. The van der Waals surface area contributed by atoms with Crippen LogP contribution in [-0.2, 0) is 4.79 Å². The number of aromatic amines is 2. The standard InChI is InChI=1S/C3H6O2.2C2H3N3/c1-2-3(4)5;2*1-2-4-5-3-1/h2H2,1H3,(H,4,5);2*1-2H,(H,3,4,5). The van der Waals surface area contributed by atoms with E-state index >= 15 is 0 Å². The van der Waals surface area contributed by atoms with Crippen LogP contribution in [0.25, 0.3) is 0 Å². The summed E-state index contributed by atoms with van der Waals surface area (Å²) in [7, 11) is 0. The zero-order chi connectivity index (χ0) is 11.4. The van der Waals surface area contributed by atoms with Gasteiger partial charge in [-0.2, -0.15) is 30.8 Å². The molecule has 0 aliphatic heterocycles. The first-order valence-electron chi connectivity index (χ1n) is 4.08. The topological polar surface area (TPSA) is 120 Å². The fourth-order valence-corrected chi connectivity index (χ4v) is 0.333. The van der Waals surface area contributed by atoms with Gasteiger partial charge in [-0.15, -0.1) is 0 Å². The van der Waals surface area contributed by atoms with Gasteiger partial charge in [-0.05, 0) is 0 Å². The smallest absolute Gasteiger partial charge is 0.303 e. The van der Waals surface area contributed by atoms with Gasteiger partial charge in [0.05, 0.1) is 24.8 Å². The Morgan fingerprint density at radius 2 is 1.33 bits per heavy atom. The maximum Gasteiger partial charge on any atom is 0.303 e. The minimum atomic E-state index is -0.745. The van der Waals surface area contributed by atoms with Crippen LogP contribution < -0.4 is 0 Å².